The van der Waals surface area contributed by atoms with Gasteiger partial charge in [-0.2, -0.15) is 25.3 Å². The zero-order valence-corrected chi connectivity index (χ0v) is 7.97. The van der Waals surface area contributed by atoms with E-state index in [1.54, 1.807) is 0 Å². The molecule has 5 heteroatoms. The molecule has 0 rings (SSSR count). The van der Waals surface area contributed by atoms with E-state index in [1.165, 1.54) is 0 Å². The summed E-state index contributed by atoms with van der Waals surface area (Å²) < 4.78 is 0. The molecule has 0 saturated carbocycles. The maximum atomic E-state index is 4.95. The fraction of sp³-hybridized carbons (Fsp3) is 1.00. The number of hydrogen-bond acceptors (Lipinski definition) is 4. The molecule has 0 bridgehead atoms. The summed E-state index contributed by atoms with van der Waals surface area (Å²) in [5.41, 5.74) is 9.90. The van der Waals surface area contributed by atoms with Crippen LogP contribution in [-0.4, -0.2) is 24.6 Å². The molecule has 0 fully saturated rings. The number of rotatable bonds is 2. The molecule has 9 heavy (non-hydrogen) atoms. The molecule has 4 N–H and O–H groups in total. The Bertz CT molecular complexity index is 24.5. The zero-order chi connectivity index (χ0) is 6.83. The Morgan fingerprint density at radius 3 is 1.00 bits per heavy atom. The van der Waals surface area contributed by atoms with Crippen LogP contribution < -0.4 is 11.5 Å². The van der Waals surface area contributed by atoms with Gasteiger partial charge >= 0.3 is 16.5 Å². The molecule has 0 unspecified atom stereocenters. The molecule has 0 aliphatic carbocycles. The first kappa shape index (κ1) is 16.6. The van der Waals surface area contributed by atoms with Gasteiger partial charge < -0.3 is 11.5 Å². The summed E-state index contributed by atoms with van der Waals surface area (Å²) in [6.07, 6.45) is 0. The summed E-state index contributed by atoms with van der Waals surface area (Å²) >= 11 is 7.59. The summed E-state index contributed by atoms with van der Waals surface area (Å²) in [7, 11) is 0. The minimum absolute atomic E-state index is 0. The van der Waals surface area contributed by atoms with Crippen molar-refractivity contribution in [2.24, 2.45) is 11.5 Å². The van der Waals surface area contributed by atoms with Gasteiger partial charge in [0.2, 0.25) is 0 Å². The Kier molecular flexibility index (Phi) is 42.3. The number of nitrogens with two attached hydrogens (primary N) is 2. The maximum Gasteiger partial charge on any atom is 2.00 e. The summed E-state index contributed by atoms with van der Waals surface area (Å²) in [6.45, 7) is 1.37. The van der Waals surface area contributed by atoms with E-state index in [0.29, 0.717) is 13.1 Å². The average Bonchev–Trinajstić information content (AvgIpc) is 1.88. The van der Waals surface area contributed by atoms with Gasteiger partial charge in [-0.15, -0.1) is 0 Å². The first-order valence-corrected chi connectivity index (χ1v) is 3.71. The molecule has 0 amide bonds. The normalized spacial score (nSPS) is 6.67. The molecular weight excluding hydrogens is 199 g/mol. The Morgan fingerprint density at radius 2 is 1.00 bits per heavy atom. The molecule has 0 saturated heterocycles. The second-order valence-electron chi connectivity index (χ2n) is 1.02. The molecule has 0 aromatic heterocycles. The third-order valence-corrected chi connectivity index (χ3v) is 0.775. The van der Waals surface area contributed by atoms with Crippen LogP contribution >= 0.6 is 25.3 Å². The van der Waals surface area contributed by atoms with Crippen molar-refractivity contribution in [3.63, 3.8) is 0 Å². The Labute approximate surface area is 77.9 Å². The van der Waals surface area contributed by atoms with Crippen molar-refractivity contribution in [3.05, 3.63) is 0 Å². The summed E-state index contributed by atoms with van der Waals surface area (Å²) in [6, 6.07) is 0. The van der Waals surface area contributed by atoms with E-state index in [2.05, 4.69) is 25.3 Å². The molecular formula is C4H14N2NiS2+2. The maximum absolute atomic E-state index is 4.95. The van der Waals surface area contributed by atoms with Crippen LogP contribution in [0.5, 0.6) is 0 Å². The summed E-state index contributed by atoms with van der Waals surface area (Å²) in [4.78, 5) is 0. The smallest absolute Gasteiger partial charge is 0.330 e. The SMILES string of the molecule is NCCS.NCCS.[Ni+2]. The van der Waals surface area contributed by atoms with Crippen molar-refractivity contribution in [1.82, 2.24) is 0 Å². The minimum atomic E-state index is 0. The summed E-state index contributed by atoms with van der Waals surface area (Å²) in [5, 5.41) is 0. The molecule has 0 aliphatic heterocycles. The van der Waals surface area contributed by atoms with Crippen LogP contribution in [0.4, 0.5) is 0 Å². The molecule has 2 nitrogen and oxygen atoms in total. The Morgan fingerprint density at radius 1 is 0.889 bits per heavy atom. The van der Waals surface area contributed by atoms with E-state index in [1.807, 2.05) is 0 Å². The molecule has 0 heterocycles. The van der Waals surface area contributed by atoms with Crippen LogP contribution in [0.2, 0.25) is 0 Å². The van der Waals surface area contributed by atoms with Crippen molar-refractivity contribution >= 4 is 25.3 Å². The van der Waals surface area contributed by atoms with Gasteiger partial charge in [0.15, 0.2) is 0 Å². The van der Waals surface area contributed by atoms with Gasteiger partial charge in [-0.05, 0) is 0 Å². The predicted molar refractivity (Wildman–Crippen MR) is 45.8 cm³/mol. The first-order chi connectivity index (χ1) is 3.83. The van der Waals surface area contributed by atoms with Gasteiger partial charge in [0.25, 0.3) is 0 Å². The minimum Gasteiger partial charge on any atom is -0.330 e. The Balaban J connectivity index is -0.0000000720. The quantitative estimate of drug-likeness (QED) is 0.377. The average molecular weight is 213 g/mol. The van der Waals surface area contributed by atoms with Crippen LogP contribution in [0.3, 0.4) is 0 Å². The molecule has 60 valence electrons. The monoisotopic (exact) mass is 212 g/mol. The Hall–Kier alpha value is 1.11. The topological polar surface area (TPSA) is 52.0 Å². The van der Waals surface area contributed by atoms with Crippen LogP contribution in [0, 0.1) is 0 Å². The largest absolute Gasteiger partial charge is 2.00 e. The van der Waals surface area contributed by atoms with Gasteiger partial charge in [-0.25, -0.2) is 0 Å². The van der Waals surface area contributed by atoms with Crippen molar-refractivity contribution in [2.45, 2.75) is 0 Å². The van der Waals surface area contributed by atoms with E-state index in [0.717, 1.165) is 11.5 Å². The van der Waals surface area contributed by atoms with E-state index in [9.17, 15) is 0 Å². The van der Waals surface area contributed by atoms with E-state index < -0.39 is 0 Å². The predicted octanol–water partition coefficient (Wildman–Crippen LogP) is -0.253. The third-order valence-electron chi connectivity index (χ3n) is 0.258. The standard InChI is InChI=1S/2C2H7NS.Ni/c2*3-1-2-4;/h2*4H,1-3H2;/q;;+2. The fourth-order valence-electron chi connectivity index (χ4n) is 0. The molecule has 0 atom stereocenters. The van der Waals surface area contributed by atoms with Gasteiger partial charge in [-0.3, -0.25) is 0 Å². The molecule has 0 radical (unpaired) electrons. The number of thiol groups is 2. The van der Waals surface area contributed by atoms with Crippen LogP contribution in [0.1, 0.15) is 0 Å². The second kappa shape index (κ2) is 22.9. The summed E-state index contributed by atoms with van der Waals surface area (Å²) in [5.74, 6) is 1.58. The van der Waals surface area contributed by atoms with E-state index in [-0.39, 0.29) is 16.5 Å². The van der Waals surface area contributed by atoms with Gasteiger partial charge in [-0.1, -0.05) is 0 Å². The fourth-order valence-corrected chi connectivity index (χ4v) is 0. The van der Waals surface area contributed by atoms with Gasteiger partial charge in [0.1, 0.15) is 0 Å². The third kappa shape index (κ3) is 47.6. The number of hydrogen-bond donors (Lipinski definition) is 4. The zero-order valence-electron chi connectivity index (χ0n) is 5.19. The van der Waals surface area contributed by atoms with Crippen molar-refractivity contribution < 1.29 is 16.5 Å². The molecule has 0 aromatic carbocycles. The van der Waals surface area contributed by atoms with Crippen molar-refractivity contribution in [1.29, 1.82) is 0 Å². The van der Waals surface area contributed by atoms with Gasteiger partial charge in [0, 0.05) is 24.6 Å². The second-order valence-corrected chi connectivity index (χ2v) is 1.92. The van der Waals surface area contributed by atoms with Crippen molar-refractivity contribution in [3.8, 4) is 0 Å². The first-order valence-electron chi connectivity index (χ1n) is 2.45. The van der Waals surface area contributed by atoms with E-state index in [4.69, 9.17) is 11.5 Å². The molecule has 0 aliphatic rings. The van der Waals surface area contributed by atoms with Crippen LogP contribution in [0.25, 0.3) is 0 Å². The van der Waals surface area contributed by atoms with Crippen LogP contribution in [-0.2, 0) is 16.5 Å². The molecule has 0 aromatic rings. The van der Waals surface area contributed by atoms with Gasteiger partial charge in [0.05, 0.1) is 0 Å². The van der Waals surface area contributed by atoms with Crippen molar-refractivity contribution in [2.75, 3.05) is 24.6 Å². The van der Waals surface area contributed by atoms with Crippen LogP contribution in [0.15, 0.2) is 0 Å². The van der Waals surface area contributed by atoms with E-state index >= 15 is 0 Å². The molecule has 0 spiro atoms.